The first-order chi connectivity index (χ1) is 10.4. The van der Waals surface area contributed by atoms with Gasteiger partial charge in [0.05, 0.1) is 16.8 Å². The summed E-state index contributed by atoms with van der Waals surface area (Å²) in [6.45, 7) is 3.92. The van der Waals surface area contributed by atoms with Crippen molar-refractivity contribution in [1.29, 1.82) is 0 Å². The van der Waals surface area contributed by atoms with Crippen LogP contribution >= 0.6 is 0 Å². The second-order valence-corrected chi connectivity index (χ2v) is 5.89. The number of amides is 2. The molecular formula is C18H18N2O2. The van der Waals surface area contributed by atoms with Crippen molar-refractivity contribution in [3.05, 3.63) is 58.7 Å². The largest absolute Gasteiger partial charge is 0.377 e. The highest BCUT2D eigenvalue weighted by Crippen LogP contribution is 2.34. The van der Waals surface area contributed by atoms with E-state index in [4.69, 9.17) is 0 Å². The molecule has 0 N–H and O–H groups in total. The van der Waals surface area contributed by atoms with Crippen molar-refractivity contribution in [3.63, 3.8) is 0 Å². The van der Waals surface area contributed by atoms with Crippen molar-refractivity contribution < 1.29 is 9.59 Å². The fraction of sp³-hybridized carbons (Fsp3) is 0.222. The summed E-state index contributed by atoms with van der Waals surface area (Å²) in [6.07, 6.45) is 0. The molecule has 0 bridgehead atoms. The Morgan fingerprint density at radius 2 is 1.55 bits per heavy atom. The van der Waals surface area contributed by atoms with E-state index in [2.05, 4.69) is 0 Å². The Kier molecular flexibility index (Phi) is 3.24. The van der Waals surface area contributed by atoms with Gasteiger partial charge in [0, 0.05) is 19.8 Å². The lowest BCUT2D eigenvalue weighted by Gasteiger charge is -2.17. The van der Waals surface area contributed by atoms with Gasteiger partial charge in [0.15, 0.2) is 0 Å². The first-order valence-electron chi connectivity index (χ1n) is 7.17. The van der Waals surface area contributed by atoms with E-state index in [0.29, 0.717) is 16.8 Å². The monoisotopic (exact) mass is 294 g/mol. The van der Waals surface area contributed by atoms with Crippen molar-refractivity contribution in [2.24, 2.45) is 0 Å². The molecule has 22 heavy (non-hydrogen) atoms. The summed E-state index contributed by atoms with van der Waals surface area (Å²) in [4.78, 5) is 28.7. The second-order valence-electron chi connectivity index (χ2n) is 5.89. The van der Waals surface area contributed by atoms with Gasteiger partial charge >= 0.3 is 0 Å². The third kappa shape index (κ3) is 2.08. The summed E-state index contributed by atoms with van der Waals surface area (Å²) >= 11 is 0. The average molecular weight is 294 g/mol. The zero-order valence-corrected chi connectivity index (χ0v) is 13.2. The average Bonchev–Trinajstić information content (AvgIpc) is 2.70. The fourth-order valence-corrected chi connectivity index (χ4v) is 2.95. The Morgan fingerprint density at radius 1 is 0.909 bits per heavy atom. The normalized spacial score (nSPS) is 13.5. The minimum atomic E-state index is -0.256. The minimum Gasteiger partial charge on any atom is -0.377 e. The summed E-state index contributed by atoms with van der Waals surface area (Å²) in [5.41, 5.74) is 4.40. The first-order valence-corrected chi connectivity index (χ1v) is 7.17. The number of hydrogen-bond donors (Lipinski definition) is 0. The maximum atomic E-state index is 12.8. The van der Waals surface area contributed by atoms with Crippen LogP contribution < -0.4 is 9.80 Å². The molecule has 2 aromatic rings. The second kappa shape index (κ2) is 4.98. The number of fused-ring (bicyclic) bond motifs is 1. The van der Waals surface area contributed by atoms with E-state index >= 15 is 0 Å². The van der Waals surface area contributed by atoms with Crippen LogP contribution in [0, 0.1) is 13.8 Å². The number of hydrogen-bond acceptors (Lipinski definition) is 3. The number of imide groups is 1. The van der Waals surface area contributed by atoms with Crippen LogP contribution in [0.15, 0.2) is 36.4 Å². The standard InChI is InChI=1S/C18H18N2O2/c1-11-8-12(2)10-13(9-11)20-17(21)14-6-5-7-15(19(3)4)16(14)18(20)22/h5-10H,1-4H3. The third-order valence-corrected chi connectivity index (χ3v) is 3.84. The molecule has 4 nitrogen and oxygen atoms in total. The number of aryl methyl sites for hydroxylation is 2. The van der Waals surface area contributed by atoms with Crippen LogP contribution in [0.1, 0.15) is 31.8 Å². The third-order valence-electron chi connectivity index (χ3n) is 3.84. The maximum Gasteiger partial charge on any atom is 0.268 e. The molecule has 0 saturated heterocycles. The van der Waals surface area contributed by atoms with E-state index in [-0.39, 0.29) is 11.8 Å². The van der Waals surface area contributed by atoms with Crippen LogP contribution in [0.4, 0.5) is 11.4 Å². The van der Waals surface area contributed by atoms with Crippen LogP contribution in [0.25, 0.3) is 0 Å². The van der Waals surface area contributed by atoms with E-state index in [1.54, 1.807) is 6.07 Å². The minimum absolute atomic E-state index is 0.255. The molecule has 1 aliphatic heterocycles. The van der Waals surface area contributed by atoms with Gasteiger partial charge in [-0.15, -0.1) is 0 Å². The molecule has 2 amide bonds. The highest BCUT2D eigenvalue weighted by Gasteiger charge is 2.38. The van der Waals surface area contributed by atoms with E-state index in [9.17, 15) is 9.59 Å². The number of anilines is 2. The molecule has 0 fully saturated rings. The summed E-state index contributed by atoms with van der Waals surface area (Å²) < 4.78 is 0. The van der Waals surface area contributed by atoms with Gasteiger partial charge in [0.1, 0.15) is 0 Å². The molecule has 2 aromatic carbocycles. The quantitative estimate of drug-likeness (QED) is 0.799. The van der Waals surface area contributed by atoms with Crippen LogP contribution in [-0.4, -0.2) is 25.9 Å². The van der Waals surface area contributed by atoms with Crippen LogP contribution in [0.5, 0.6) is 0 Å². The number of nitrogens with zero attached hydrogens (tertiary/aromatic N) is 2. The number of carbonyl (C=O) groups excluding carboxylic acids is 2. The van der Waals surface area contributed by atoms with E-state index in [1.165, 1.54) is 4.90 Å². The van der Waals surface area contributed by atoms with Gasteiger partial charge < -0.3 is 4.90 Å². The van der Waals surface area contributed by atoms with Crippen molar-refractivity contribution in [3.8, 4) is 0 Å². The summed E-state index contributed by atoms with van der Waals surface area (Å²) in [5.74, 6) is -0.511. The molecule has 1 aliphatic rings. The molecular weight excluding hydrogens is 276 g/mol. The SMILES string of the molecule is Cc1cc(C)cc(N2C(=O)c3cccc(N(C)C)c3C2=O)c1. The zero-order valence-electron chi connectivity index (χ0n) is 13.2. The Bertz CT molecular complexity index is 773. The summed E-state index contributed by atoms with van der Waals surface area (Å²) in [5, 5.41) is 0. The van der Waals surface area contributed by atoms with Crippen LogP contribution in [0.2, 0.25) is 0 Å². The maximum absolute atomic E-state index is 12.8. The Labute approximate surface area is 130 Å². The number of rotatable bonds is 2. The van der Waals surface area contributed by atoms with Gasteiger partial charge in [-0.05, 0) is 49.2 Å². The van der Waals surface area contributed by atoms with Gasteiger partial charge in [-0.25, -0.2) is 4.90 Å². The topological polar surface area (TPSA) is 40.6 Å². The predicted molar refractivity (Wildman–Crippen MR) is 87.8 cm³/mol. The van der Waals surface area contributed by atoms with Crippen LogP contribution in [-0.2, 0) is 0 Å². The Hall–Kier alpha value is -2.62. The molecule has 0 radical (unpaired) electrons. The van der Waals surface area contributed by atoms with Crippen molar-refractivity contribution in [1.82, 2.24) is 0 Å². The van der Waals surface area contributed by atoms with Crippen molar-refractivity contribution in [2.45, 2.75) is 13.8 Å². The highest BCUT2D eigenvalue weighted by atomic mass is 16.2. The summed E-state index contributed by atoms with van der Waals surface area (Å²) in [6, 6.07) is 11.1. The van der Waals surface area contributed by atoms with Gasteiger partial charge in [-0.2, -0.15) is 0 Å². The van der Waals surface area contributed by atoms with Crippen LogP contribution in [0.3, 0.4) is 0 Å². The lowest BCUT2D eigenvalue weighted by atomic mass is 10.1. The van der Waals surface area contributed by atoms with Gasteiger partial charge in [0.25, 0.3) is 11.8 Å². The van der Waals surface area contributed by atoms with Crippen molar-refractivity contribution >= 4 is 23.2 Å². The summed E-state index contributed by atoms with van der Waals surface area (Å²) in [7, 11) is 3.74. The van der Waals surface area contributed by atoms with Crippen molar-refractivity contribution in [2.75, 3.05) is 23.9 Å². The Morgan fingerprint density at radius 3 is 2.14 bits per heavy atom. The molecule has 0 unspecified atom stereocenters. The molecule has 112 valence electrons. The molecule has 1 heterocycles. The molecule has 0 spiro atoms. The Balaban J connectivity index is 2.16. The van der Waals surface area contributed by atoms with E-state index < -0.39 is 0 Å². The molecule has 4 heteroatoms. The fourth-order valence-electron chi connectivity index (χ4n) is 2.95. The molecule has 0 atom stereocenters. The zero-order chi connectivity index (χ0) is 16.0. The lowest BCUT2D eigenvalue weighted by molar-refractivity contribution is 0.0926. The van der Waals surface area contributed by atoms with Gasteiger partial charge in [-0.3, -0.25) is 9.59 Å². The highest BCUT2D eigenvalue weighted by molar-refractivity contribution is 6.36. The van der Waals surface area contributed by atoms with E-state index in [0.717, 1.165) is 16.8 Å². The van der Waals surface area contributed by atoms with Gasteiger partial charge in [-0.1, -0.05) is 12.1 Å². The predicted octanol–water partition coefficient (Wildman–Crippen LogP) is 3.17. The molecule has 0 aliphatic carbocycles. The number of benzene rings is 2. The molecule has 0 aromatic heterocycles. The smallest absolute Gasteiger partial charge is 0.268 e. The van der Waals surface area contributed by atoms with Gasteiger partial charge in [0.2, 0.25) is 0 Å². The lowest BCUT2D eigenvalue weighted by Crippen LogP contribution is -2.29. The van der Waals surface area contributed by atoms with E-state index in [1.807, 2.05) is 63.2 Å². The molecule has 0 saturated carbocycles. The number of carbonyl (C=O) groups is 2. The molecule has 3 rings (SSSR count). The first kappa shape index (κ1) is 14.3.